The molecule has 0 saturated heterocycles. The van der Waals surface area contributed by atoms with Crippen molar-refractivity contribution in [2.24, 2.45) is 12.8 Å². The molecule has 12 heteroatoms. The predicted molar refractivity (Wildman–Crippen MR) is 152 cm³/mol. The van der Waals surface area contributed by atoms with Crippen LogP contribution in [-0.4, -0.2) is 50.1 Å². The molecule has 3 aromatic heterocycles. The predicted octanol–water partition coefficient (Wildman–Crippen LogP) is 3.57. The zero-order valence-corrected chi connectivity index (χ0v) is 22.4. The molecule has 7 rings (SSSR count). The van der Waals surface area contributed by atoms with Gasteiger partial charge in [-0.25, -0.2) is 14.5 Å². The SMILES string of the molecule is [2H]C([2H])([2H])Nc1nc(-c2cnn(C)c2-c2c(F)cc3c(c2C#N)OC2(CC2)CN3C2CCCC2)cc2c(CN)n[nH]c(=O)c12. The van der Waals surface area contributed by atoms with E-state index in [1.54, 1.807) is 13.1 Å². The summed E-state index contributed by atoms with van der Waals surface area (Å²) in [4.78, 5) is 19.5. The average molecular weight is 559 g/mol. The molecule has 1 aliphatic heterocycles. The second-order valence-corrected chi connectivity index (χ2v) is 11.1. The molecule has 4 aromatic rings. The van der Waals surface area contributed by atoms with Crippen LogP contribution >= 0.6 is 0 Å². The van der Waals surface area contributed by atoms with Gasteiger partial charge < -0.3 is 20.7 Å². The lowest BCUT2D eigenvalue weighted by Crippen LogP contribution is -2.46. The van der Waals surface area contributed by atoms with Crippen molar-refractivity contribution in [1.82, 2.24) is 25.0 Å². The number of nitriles is 1. The molecule has 11 nitrogen and oxygen atoms in total. The number of benzene rings is 1. The van der Waals surface area contributed by atoms with E-state index in [2.05, 4.69) is 36.6 Å². The number of hydrogen-bond acceptors (Lipinski definition) is 9. The molecular formula is C29H30FN9O2. The van der Waals surface area contributed by atoms with Gasteiger partial charge in [-0.1, -0.05) is 12.8 Å². The third kappa shape index (κ3) is 3.87. The van der Waals surface area contributed by atoms with Gasteiger partial charge in [0.1, 0.15) is 28.9 Å². The highest BCUT2D eigenvalue weighted by molar-refractivity contribution is 5.97. The number of nitrogens with one attached hydrogen (secondary N) is 2. The normalized spacial score (nSPS) is 18.9. The average Bonchev–Trinajstić information content (AvgIpc) is 3.32. The number of nitrogens with two attached hydrogens (primary N) is 1. The number of aryl methyl sites for hydroxylation is 1. The first-order valence-corrected chi connectivity index (χ1v) is 13.7. The van der Waals surface area contributed by atoms with Gasteiger partial charge in [0.05, 0.1) is 46.5 Å². The van der Waals surface area contributed by atoms with E-state index < -0.39 is 18.4 Å². The van der Waals surface area contributed by atoms with E-state index in [0.717, 1.165) is 38.5 Å². The lowest BCUT2D eigenvalue weighted by atomic mass is 9.95. The standard InChI is InChI=1S/C29H30FN9O2/c1-33-27-24-16(21(12-32)36-37-28(24)40)9-20(35-27)18-13-34-38(2)25(18)23-17(11-31)26-22(10-19(23)30)39(15-5-3-4-6-15)14-29(41-26)7-8-29/h9-10,13,15H,3-8,12,14,32H2,1-2H3,(H,33,35)(H,37,40)/i1D3. The number of H-pyrrole nitrogens is 1. The summed E-state index contributed by atoms with van der Waals surface area (Å²) in [6, 6.07) is 5.48. The molecule has 1 aromatic carbocycles. The number of fused-ring (bicyclic) bond motifs is 2. The first-order valence-electron chi connectivity index (χ1n) is 15.2. The van der Waals surface area contributed by atoms with E-state index >= 15 is 4.39 Å². The van der Waals surface area contributed by atoms with Crippen molar-refractivity contribution in [3.8, 4) is 34.3 Å². The number of halogens is 1. The van der Waals surface area contributed by atoms with Crippen molar-refractivity contribution in [1.29, 1.82) is 5.26 Å². The molecule has 4 heterocycles. The monoisotopic (exact) mass is 558 g/mol. The highest BCUT2D eigenvalue weighted by Crippen LogP contribution is 2.53. The Hall–Kier alpha value is -4.50. The van der Waals surface area contributed by atoms with E-state index in [9.17, 15) is 10.1 Å². The minimum Gasteiger partial charge on any atom is -0.482 e. The maximum atomic E-state index is 16.4. The smallest absolute Gasteiger partial charge is 0.275 e. The van der Waals surface area contributed by atoms with E-state index in [1.165, 1.54) is 16.9 Å². The van der Waals surface area contributed by atoms with Crippen molar-refractivity contribution < 1.29 is 13.2 Å². The highest BCUT2D eigenvalue weighted by atomic mass is 19.1. The number of anilines is 2. The molecule has 4 N–H and O–H groups in total. The second-order valence-electron chi connectivity index (χ2n) is 11.1. The number of hydrogen-bond donors (Lipinski definition) is 3. The summed E-state index contributed by atoms with van der Waals surface area (Å²) in [6.45, 7) is -2.07. The maximum absolute atomic E-state index is 16.4. The number of aromatic nitrogens is 5. The zero-order valence-electron chi connectivity index (χ0n) is 25.4. The van der Waals surface area contributed by atoms with Crippen LogP contribution in [0.3, 0.4) is 0 Å². The number of rotatable bonds is 5. The van der Waals surface area contributed by atoms with Crippen LogP contribution in [0.5, 0.6) is 5.75 Å². The fraction of sp³-hybridized carbons (Fsp3) is 0.414. The summed E-state index contributed by atoms with van der Waals surface area (Å²) in [7, 11) is 1.62. The molecule has 2 fully saturated rings. The van der Waals surface area contributed by atoms with Crippen molar-refractivity contribution >= 4 is 22.3 Å². The molecular weight excluding hydrogens is 525 g/mol. The first-order chi connectivity index (χ1) is 21.0. The van der Waals surface area contributed by atoms with E-state index in [1.807, 2.05) is 0 Å². The summed E-state index contributed by atoms with van der Waals surface area (Å²) in [5, 5.41) is 23.8. The Morgan fingerprint density at radius 2 is 2.17 bits per heavy atom. The van der Waals surface area contributed by atoms with E-state index in [0.29, 0.717) is 29.2 Å². The highest BCUT2D eigenvalue weighted by Gasteiger charge is 2.52. The molecule has 2 aliphatic carbocycles. The van der Waals surface area contributed by atoms with Gasteiger partial charge in [0.25, 0.3) is 5.56 Å². The Morgan fingerprint density at radius 3 is 2.88 bits per heavy atom. The fourth-order valence-electron chi connectivity index (χ4n) is 6.40. The summed E-state index contributed by atoms with van der Waals surface area (Å²) >= 11 is 0. The van der Waals surface area contributed by atoms with Crippen molar-refractivity contribution in [2.45, 2.75) is 56.7 Å². The Morgan fingerprint density at radius 1 is 1.37 bits per heavy atom. The molecule has 2 saturated carbocycles. The van der Waals surface area contributed by atoms with Gasteiger partial charge in [-0.15, -0.1) is 0 Å². The maximum Gasteiger partial charge on any atom is 0.275 e. The third-order valence-electron chi connectivity index (χ3n) is 8.60. The topological polar surface area (TPSA) is 151 Å². The van der Waals surface area contributed by atoms with Crippen molar-refractivity contribution in [3.05, 3.63) is 45.8 Å². The molecule has 3 aliphatic rings. The first kappa shape index (κ1) is 22.2. The zero-order chi connectivity index (χ0) is 31.0. The van der Waals surface area contributed by atoms with Crippen LogP contribution in [0.25, 0.3) is 33.3 Å². The number of nitrogens with zero attached hydrogens (tertiary/aromatic N) is 6. The molecule has 0 atom stereocenters. The van der Waals surface area contributed by atoms with Crippen LogP contribution in [0.15, 0.2) is 23.1 Å². The molecule has 1 spiro atoms. The summed E-state index contributed by atoms with van der Waals surface area (Å²) < 4.78 is 47.6. The largest absolute Gasteiger partial charge is 0.482 e. The van der Waals surface area contributed by atoms with Gasteiger partial charge in [0.15, 0.2) is 5.75 Å². The number of pyridine rings is 1. The van der Waals surface area contributed by atoms with E-state index in [-0.39, 0.29) is 57.3 Å². The van der Waals surface area contributed by atoms with Gasteiger partial charge in [-0.2, -0.15) is 15.5 Å². The lowest BCUT2D eigenvalue weighted by molar-refractivity contribution is 0.166. The number of ether oxygens (including phenoxy) is 1. The van der Waals surface area contributed by atoms with Gasteiger partial charge in [0.2, 0.25) is 0 Å². The molecule has 210 valence electrons. The van der Waals surface area contributed by atoms with Crippen molar-refractivity contribution in [3.63, 3.8) is 0 Å². The molecule has 0 bridgehead atoms. The van der Waals surface area contributed by atoms with Gasteiger partial charge in [-0.3, -0.25) is 9.48 Å². The Labute approximate surface area is 239 Å². The summed E-state index contributed by atoms with van der Waals surface area (Å²) in [5.74, 6) is -0.474. The third-order valence-corrected chi connectivity index (χ3v) is 8.60. The molecule has 0 amide bonds. The van der Waals surface area contributed by atoms with Gasteiger partial charge in [-0.05, 0) is 31.7 Å². The van der Waals surface area contributed by atoms with Gasteiger partial charge in [0, 0.05) is 47.7 Å². The minimum absolute atomic E-state index is 0.000585. The Kier molecular flexibility index (Phi) is 5.03. The molecule has 41 heavy (non-hydrogen) atoms. The van der Waals surface area contributed by atoms with E-state index in [4.69, 9.17) is 14.6 Å². The quantitative estimate of drug-likeness (QED) is 0.334. The van der Waals surface area contributed by atoms with Crippen LogP contribution < -0.4 is 26.2 Å². The summed E-state index contributed by atoms with van der Waals surface area (Å²) in [5.41, 5.74) is 6.55. The lowest BCUT2D eigenvalue weighted by Gasteiger charge is -2.41. The second kappa shape index (κ2) is 9.27. The van der Waals surface area contributed by atoms with Crippen LogP contribution in [0.1, 0.15) is 53.9 Å². The van der Waals surface area contributed by atoms with Crippen LogP contribution in [-0.2, 0) is 13.6 Å². The van der Waals surface area contributed by atoms with Crippen LogP contribution in [0.4, 0.5) is 15.9 Å². The molecule has 0 unspecified atom stereocenters. The Balaban J connectivity index is 1.45. The molecule has 0 radical (unpaired) electrons. The van der Waals surface area contributed by atoms with Crippen LogP contribution in [0.2, 0.25) is 0 Å². The summed E-state index contributed by atoms with van der Waals surface area (Å²) in [6.07, 6.45) is 7.42. The number of aromatic amines is 1. The minimum atomic E-state index is -2.69. The van der Waals surface area contributed by atoms with Crippen LogP contribution in [0, 0.1) is 17.1 Å². The Bertz CT molecular complexity index is 1920. The van der Waals surface area contributed by atoms with Gasteiger partial charge >= 0.3 is 0 Å². The fourth-order valence-corrected chi connectivity index (χ4v) is 6.40. The van der Waals surface area contributed by atoms with Crippen molar-refractivity contribution in [2.75, 3.05) is 23.7 Å².